The van der Waals surface area contributed by atoms with E-state index in [-0.39, 0.29) is 12.6 Å². The summed E-state index contributed by atoms with van der Waals surface area (Å²) in [4.78, 5) is 10.7. The molecule has 2 rings (SSSR count). The summed E-state index contributed by atoms with van der Waals surface area (Å²) in [7, 11) is 0. The molecule has 17 heavy (non-hydrogen) atoms. The number of anilines is 1. The molecule has 0 N–H and O–H groups in total. The lowest BCUT2D eigenvalue weighted by Gasteiger charge is -2.19. The highest BCUT2D eigenvalue weighted by molar-refractivity contribution is 5.32. The van der Waals surface area contributed by atoms with Crippen molar-refractivity contribution in [2.45, 2.75) is 20.8 Å². The molecule has 0 unspecified atom stereocenters. The van der Waals surface area contributed by atoms with Gasteiger partial charge in [0.2, 0.25) is 5.95 Å². The van der Waals surface area contributed by atoms with Gasteiger partial charge in [-0.3, -0.25) is 4.39 Å². The van der Waals surface area contributed by atoms with Crippen molar-refractivity contribution < 1.29 is 4.39 Å². The Morgan fingerprint density at radius 2 is 2.00 bits per heavy atom. The van der Waals surface area contributed by atoms with E-state index in [9.17, 15) is 4.39 Å². The minimum atomic E-state index is -0.245. The van der Waals surface area contributed by atoms with Crippen molar-refractivity contribution in [1.82, 2.24) is 9.97 Å². The summed E-state index contributed by atoms with van der Waals surface area (Å²) >= 11 is 0. The minimum Gasteiger partial charge on any atom is -0.340 e. The van der Waals surface area contributed by atoms with E-state index in [2.05, 4.69) is 28.7 Å². The van der Waals surface area contributed by atoms with Gasteiger partial charge >= 0.3 is 0 Å². The van der Waals surface area contributed by atoms with Crippen LogP contribution in [0.2, 0.25) is 0 Å². The molecule has 0 aliphatic carbocycles. The zero-order chi connectivity index (χ0) is 12.4. The fourth-order valence-electron chi connectivity index (χ4n) is 2.53. The van der Waals surface area contributed by atoms with Gasteiger partial charge in [0.15, 0.2) is 0 Å². The van der Waals surface area contributed by atoms with E-state index in [1.807, 2.05) is 19.3 Å². The van der Waals surface area contributed by atoms with Crippen LogP contribution in [0.4, 0.5) is 10.3 Å². The van der Waals surface area contributed by atoms with Gasteiger partial charge in [0, 0.05) is 31.4 Å². The molecule has 0 saturated carbocycles. The minimum absolute atomic E-state index is 0.125. The van der Waals surface area contributed by atoms with E-state index in [4.69, 9.17) is 0 Å². The maximum Gasteiger partial charge on any atom is 0.225 e. The predicted octanol–water partition coefficient (Wildman–Crippen LogP) is 2.46. The normalized spacial score (nSPS) is 24.6. The average Bonchev–Trinajstić information content (AvgIpc) is 2.74. The first kappa shape index (κ1) is 12.3. The molecule has 1 aliphatic rings. The molecule has 1 aromatic heterocycles. The Labute approximate surface area is 102 Å². The second-order valence-corrected chi connectivity index (χ2v) is 5.29. The summed E-state index contributed by atoms with van der Waals surface area (Å²) in [5, 5.41) is 0. The molecular formula is C13H20FN3. The second-order valence-electron chi connectivity index (χ2n) is 5.29. The van der Waals surface area contributed by atoms with Crippen molar-refractivity contribution in [2.24, 2.45) is 17.8 Å². The molecule has 1 aromatic rings. The van der Waals surface area contributed by atoms with Gasteiger partial charge in [-0.15, -0.1) is 0 Å². The summed E-state index contributed by atoms with van der Waals surface area (Å²) in [5.74, 6) is 1.77. The first-order valence-electron chi connectivity index (χ1n) is 6.21. The summed E-state index contributed by atoms with van der Waals surface area (Å²) in [6.07, 6.45) is 3.63. The topological polar surface area (TPSA) is 29.0 Å². The maximum absolute atomic E-state index is 13.0. The zero-order valence-electron chi connectivity index (χ0n) is 10.7. The van der Waals surface area contributed by atoms with Crippen LogP contribution in [0, 0.1) is 24.7 Å². The monoisotopic (exact) mass is 237 g/mol. The first-order valence-corrected chi connectivity index (χ1v) is 6.21. The fourth-order valence-corrected chi connectivity index (χ4v) is 2.53. The number of hydrogen-bond acceptors (Lipinski definition) is 3. The Balaban J connectivity index is 2.12. The zero-order valence-corrected chi connectivity index (χ0v) is 10.7. The highest BCUT2D eigenvalue weighted by atomic mass is 19.1. The lowest BCUT2D eigenvalue weighted by atomic mass is 9.87. The predicted molar refractivity (Wildman–Crippen MR) is 66.8 cm³/mol. The molecule has 0 radical (unpaired) electrons. The molecular weight excluding hydrogens is 217 g/mol. The number of alkyl halides is 1. The Kier molecular flexibility index (Phi) is 3.60. The third-order valence-corrected chi connectivity index (χ3v) is 3.60. The molecule has 1 aliphatic heterocycles. The summed E-state index contributed by atoms with van der Waals surface area (Å²) in [6, 6.07) is 0. The van der Waals surface area contributed by atoms with E-state index in [1.54, 1.807) is 0 Å². The number of aromatic nitrogens is 2. The van der Waals surface area contributed by atoms with Gasteiger partial charge in [0.25, 0.3) is 0 Å². The smallest absolute Gasteiger partial charge is 0.225 e. The molecule has 0 amide bonds. The Bertz CT molecular complexity index is 363. The quantitative estimate of drug-likeness (QED) is 0.808. The van der Waals surface area contributed by atoms with Crippen LogP contribution in [-0.4, -0.2) is 29.7 Å². The molecule has 1 saturated heterocycles. The first-order chi connectivity index (χ1) is 8.11. The number of rotatable bonds is 3. The Hall–Kier alpha value is -1.19. The highest BCUT2D eigenvalue weighted by Gasteiger charge is 2.35. The van der Waals surface area contributed by atoms with Crippen molar-refractivity contribution in [1.29, 1.82) is 0 Å². The van der Waals surface area contributed by atoms with E-state index in [1.165, 1.54) is 0 Å². The van der Waals surface area contributed by atoms with Crippen LogP contribution in [-0.2, 0) is 0 Å². The van der Waals surface area contributed by atoms with Crippen LogP contribution in [0.5, 0.6) is 0 Å². The molecule has 4 heteroatoms. The second kappa shape index (κ2) is 4.98. The number of halogens is 1. The van der Waals surface area contributed by atoms with Crippen LogP contribution in [0.25, 0.3) is 0 Å². The van der Waals surface area contributed by atoms with Crippen LogP contribution in [0.3, 0.4) is 0 Å². The van der Waals surface area contributed by atoms with Gasteiger partial charge in [0.05, 0.1) is 6.67 Å². The number of hydrogen-bond donors (Lipinski definition) is 0. The lowest BCUT2D eigenvalue weighted by molar-refractivity contribution is 0.261. The van der Waals surface area contributed by atoms with Crippen molar-refractivity contribution in [3.05, 3.63) is 18.0 Å². The van der Waals surface area contributed by atoms with Gasteiger partial charge in [-0.05, 0) is 24.3 Å². The van der Waals surface area contributed by atoms with E-state index < -0.39 is 0 Å². The van der Waals surface area contributed by atoms with Crippen molar-refractivity contribution in [3.8, 4) is 0 Å². The fraction of sp³-hybridized carbons (Fsp3) is 0.692. The molecule has 0 bridgehead atoms. The SMILES string of the molecule is Cc1cnc(N2C[C@H](CF)[C@H](C(C)C)C2)nc1. The largest absolute Gasteiger partial charge is 0.340 e. The van der Waals surface area contributed by atoms with Crippen LogP contribution in [0.15, 0.2) is 12.4 Å². The van der Waals surface area contributed by atoms with Gasteiger partial charge < -0.3 is 4.90 Å². The van der Waals surface area contributed by atoms with Gasteiger partial charge in [-0.25, -0.2) is 9.97 Å². The molecule has 2 atom stereocenters. The van der Waals surface area contributed by atoms with Crippen LogP contribution < -0.4 is 4.90 Å². The third-order valence-electron chi connectivity index (χ3n) is 3.60. The van der Waals surface area contributed by atoms with E-state index in [0.29, 0.717) is 11.8 Å². The molecule has 1 fully saturated rings. The Morgan fingerprint density at radius 1 is 1.35 bits per heavy atom. The summed E-state index contributed by atoms with van der Waals surface area (Å²) in [5.41, 5.74) is 1.05. The Morgan fingerprint density at radius 3 is 2.47 bits per heavy atom. The molecule has 0 spiro atoms. The summed E-state index contributed by atoms with van der Waals surface area (Å²) < 4.78 is 13.0. The van der Waals surface area contributed by atoms with E-state index in [0.717, 1.165) is 24.6 Å². The van der Waals surface area contributed by atoms with E-state index >= 15 is 0 Å². The van der Waals surface area contributed by atoms with Crippen LogP contribution >= 0.6 is 0 Å². The summed E-state index contributed by atoms with van der Waals surface area (Å²) in [6.45, 7) is 7.65. The average molecular weight is 237 g/mol. The molecule has 0 aromatic carbocycles. The third kappa shape index (κ3) is 2.56. The number of nitrogens with zero attached hydrogens (tertiary/aromatic N) is 3. The molecule has 2 heterocycles. The molecule has 3 nitrogen and oxygen atoms in total. The van der Waals surface area contributed by atoms with Gasteiger partial charge in [-0.1, -0.05) is 13.8 Å². The van der Waals surface area contributed by atoms with Crippen molar-refractivity contribution >= 4 is 5.95 Å². The molecule has 94 valence electrons. The lowest BCUT2D eigenvalue weighted by Crippen LogP contribution is -2.23. The highest BCUT2D eigenvalue weighted by Crippen LogP contribution is 2.31. The van der Waals surface area contributed by atoms with Crippen molar-refractivity contribution in [3.63, 3.8) is 0 Å². The van der Waals surface area contributed by atoms with Crippen molar-refractivity contribution in [2.75, 3.05) is 24.7 Å². The van der Waals surface area contributed by atoms with Gasteiger partial charge in [-0.2, -0.15) is 0 Å². The number of aryl methyl sites for hydroxylation is 1. The maximum atomic E-state index is 13.0. The standard InChI is InChI=1S/C13H20FN3/c1-9(2)12-8-17(7-11(12)4-14)13-15-5-10(3)6-16-13/h5-6,9,11-12H,4,7-8H2,1-3H3/t11-,12-/m0/s1. The van der Waals surface area contributed by atoms with Gasteiger partial charge in [0.1, 0.15) is 0 Å². The van der Waals surface area contributed by atoms with Crippen LogP contribution in [0.1, 0.15) is 19.4 Å².